The molecule has 0 heterocycles. The number of hydrogen-bond acceptors (Lipinski definition) is 7. The van der Waals surface area contributed by atoms with Crippen molar-refractivity contribution in [1.82, 2.24) is 0 Å². The van der Waals surface area contributed by atoms with E-state index in [1.807, 2.05) is 0 Å². The largest absolute Gasteiger partial charge is 0.508 e. The predicted octanol–water partition coefficient (Wildman–Crippen LogP) is 1.30. The van der Waals surface area contributed by atoms with Crippen molar-refractivity contribution in [2.45, 2.75) is 6.92 Å². The Morgan fingerprint density at radius 2 is 1.14 bits per heavy atom. The summed E-state index contributed by atoms with van der Waals surface area (Å²) in [5, 5.41) is 48.6. The van der Waals surface area contributed by atoms with E-state index in [1.165, 1.54) is 6.92 Å². The highest BCUT2D eigenvalue weighted by Crippen LogP contribution is 2.46. The van der Waals surface area contributed by atoms with E-state index >= 15 is 0 Å². The molecule has 0 unspecified atom stereocenters. The molecule has 0 amide bonds. The van der Waals surface area contributed by atoms with Crippen molar-refractivity contribution in [2.24, 2.45) is 0 Å². The van der Waals surface area contributed by atoms with Crippen LogP contribution in [0.15, 0.2) is 12.1 Å². The molecule has 0 atom stereocenters. The van der Waals surface area contributed by atoms with E-state index in [9.17, 15) is 35.1 Å². The predicted molar refractivity (Wildman–Crippen MR) is 72.8 cm³/mol. The Hall–Kier alpha value is -3.22. The molecule has 1 aliphatic carbocycles. The third-order valence-corrected chi connectivity index (χ3v) is 3.72. The van der Waals surface area contributed by atoms with Gasteiger partial charge in [0, 0.05) is 16.7 Å². The fourth-order valence-corrected chi connectivity index (χ4v) is 2.49. The molecular weight excluding hydrogens is 292 g/mol. The first kappa shape index (κ1) is 13.7. The number of ketones is 2. The highest BCUT2D eigenvalue weighted by Gasteiger charge is 2.37. The molecule has 2 aromatic rings. The Labute approximate surface area is 123 Å². The topological polar surface area (TPSA) is 135 Å². The number of aromatic hydroxyl groups is 5. The molecule has 22 heavy (non-hydrogen) atoms. The maximum atomic E-state index is 12.5. The second-order valence-electron chi connectivity index (χ2n) is 4.97. The van der Waals surface area contributed by atoms with Crippen molar-refractivity contribution < 1.29 is 35.1 Å². The zero-order chi connectivity index (χ0) is 16.3. The van der Waals surface area contributed by atoms with Crippen molar-refractivity contribution in [1.29, 1.82) is 0 Å². The van der Waals surface area contributed by atoms with Crippen LogP contribution in [0.5, 0.6) is 28.7 Å². The van der Waals surface area contributed by atoms with Crippen LogP contribution in [0.4, 0.5) is 0 Å². The zero-order valence-electron chi connectivity index (χ0n) is 11.2. The minimum Gasteiger partial charge on any atom is -0.508 e. The fourth-order valence-electron chi connectivity index (χ4n) is 2.49. The fraction of sp³-hybridized carbons (Fsp3) is 0.0667. The summed E-state index contributed by atoms with van der Waals surface area (Å²) in [4.78, 5) is 24.9. The van der Waals surface area contributed by atoms with Gasteiger partial charge in [-0.05, 0) is 19.1 Å². The van der Waals surface area contributed by atoms with Gasteiger partial charge >= 0.3 is 0 Å². The SMILES string of the molecule is Cc1c(O)cc2c(c1O)C(=O)c1cc(O)c(O)c(O)c1C2=O. The van der Waals surface area contributed by atoms with E-state index in [1.54, 1.807) is 0 Å². The third-order valence-electron chi connectivity index (χ3n) is 3.72. The molecule has 112 valence electrons. The molecule has 0 saturated carbocycles. The van der Waals surface area contributed by atoms with Gasteiger partial charge in [-0.2, -0.15) is 0 Å². The maximum Gasteiger partial charge on any atom is 0.201 e. The number of hydrogen-bond donors (Lipinski definition) is 5. The van der Waals surface area contributed by atoms with E-state index in [0.29, 0.717) is 0 Å². The molecule has 0 fully saturated rings. The molecule has 0 saturated heterocycles. The van der Waals surface area contributed by atoms with Crippen molar-refractivity contribution in [2.75, 3.05) is 0 Å². The first-order valence-corrected chi connectivity index (χ1v) is 6.18. The summed E-state index contributed by atoms with van der Waals surface area (Å²) in [5.41, 5.74) is -1.42. The van der Waals surface area contributed by atoms with Crippen molar-refractivity contribution in [3.8, 4) is 28.7 Å². The molecular formula is C15H10O7. The van der Waals surface area contributed by atoms with Gasteiger partial charge < -0.3 is 25.5 Å². The molecule has 0 spiro atoms. The van der Waals surface area contributed by atoms with E-state index in [2.05, 4.69) is 0 Å². The van der Waals surface area contributed by atoms with Gasteiger partial charge in [-0.15, -0.1) is 0 Å². The van der Waals surface area contributed by atoms with Crippen molar-refractivity contribution in [3.63, 3.8) is 0 Å². The Balaban J connectivity index is 2.43. The summed E-state index contributed by atoms with van der Waals surface area (Å²) in [6, 6.07) is 1.85. The van der Waals surface area contributed by atoms with Gasteiger partial charge in [0.25, 0.3) is 0 Å². The molecule has 0 aromatic heterocycles. The van der Waals surface area contributed by atoms with E-state index in [0.717, 1.165) is 12.1 Å². The van der Waals surface area contributed by atoms with Crippen LogP contribution in [0.1, 0.15) is 37.4 Å². The smallest absolute Gasteiger partial charge is 0.201 e. The third kappa shape index (κ3) is 1.50. The number of phenols is 5. The zero-order valence-corrected chi connectivity index (χ0v) is 11.2. The number of fused-ring (bicyclic) bond motifs is 2. The van der Waals surface area contributed by atoms with Crippen LogP contribution in [0.25, 0.3) is 0 Å². The molecule has 0 bridgehead atoms. The highest BCUT2D eigenvalue weighted by atomic mass is 16.3. The minimum atomic E-state index is -0.932. The maximum absolute atomic E-state index is 12.5. The molecule has 2 aromatic carbocycles. The number of rotatable bonds is 0. The van der Waals surface area contributed by atoms with Crippen LogP contribution in [0.3, 0.4) is 0 Å². The number of benzene rings is 2. The van der Waals surface area contributed by atoms with Crippen LogP contribution in [0, 0.1) is 6.92 Å². The molecule has 5 N–H and O–H groups in total. The van der Waals surface area contributed by atoms with E-state index in [-0.39, 0.29) is 28.0 Å². The first-order valence-electron chi connectivity index (χ1n) is 6.18. The summed E-state index contributed by atoms with van der Waals surface area (Å²) >= 11 is 0. The second kappa shape index (κ2) is 4.14. The van der Waals surface area contributed by atoms with Crippen molar-refractivity contribution in [3.05, 3.63) is 39.9 Å². The van der Waals surface area contributed by atoms with Crippen LogP contribution in [-0.2, 0) is 0 Å². The average molecular weight is 302 g/mol. The van der Waals surface area contributed by atoms with Crippen LogP contribution in [0.2, 0.25) is 0 Å². The molecule has 3 rings (SSSR count). The normalized spacial score (nSPS) is 13.0. The standard InChI is InChI=1S/C15H10O7/c1-4-7(16)2-5-9(11(4)18)12(19)6-3-8(17)14(21)15(22)10(6)13(5)20/h2-3,16-18,21-22H,1H3. The van der Waals surface area contributed by atoms with Gasteiger partial charge in [-0.3, -0.25) is 9.59 Å². The lowest BCUT2D eigenvalue weighted by Gasteiger charge is -2.21. The van der Waals surface area contributed by atoms with Gasteiger partial charge in [0.2, 0.25) is 5.75 Å². The summed E-state index contributed by atoms with van der Waals surface area (Å²) in [6.07, 6.45) is 0. The molecule has 0 radical (unpaired) electrons. The lowest BCUT2D eigenvalue weighted by molar-refractivity contribution is 0.0973. The second-order valence-corrected chi connectivity index (χ2v) is 4.97. The number of phenolic OH excluding ortho intramolecular Hbond substituents is 5. The van der Waals surface area contributed by atoms with Crippen molar-refractivity contribution >= 4 is 11.6 Å². The van der Waals surface area contributed by atoms with Crippen LogP contribution in [-0.4, -0.2) is 37.1 Å². The van der Waals surface area contributed by atoms with E-state index < -0.39 is 40.1 Å². The van der Waals surface area contributed by atoms with Gasteiger partial charge in [0.15, 0.2) is 23.1 Å². The summed E-state index contributed by atoms with van der Waals surface area (Å²) < 4.78 is 0. The molecule has 7 heteroatoms. The Kier molecular flexibility index (Phi) is 2.59. The van der Waals surface area contributed by atoms with Gasteiger partial charge in [-0.25, -0.2) is 0 Å². The Morgan fingerprint density at radius 1 is 0.682 bits per heavy atom. The monoisotopic (exact) mass is 302 g/mol. The van der Waals surface area contributed by atoms with Gasteiger partial charge in [-0.1, -0.05) is 0 Å². The minimum absolute atomic E-state index is 0.0237. The quantitative estimate of drug-likeness (QED) is 0.395. The van der Waals surface area contributed by atoms with Gasteiger partial charge in [0.05, 0.1) is 11.1 Å². The van der Waals surface area contributed by atoms with Crippen LogP contribution < -0.4 is 0 Å². The number of carbonyl (C=O) groups is 2. The summed E-state index contributed by atoms with van der Waals surface area (Å²) in [7, 11) is 0. The lowest BCUT2D eigenvalue weighted by Crippen LogP contribution is -2.21. The summed E-state index contributed by atoms with van der Waals surface area (Å²) in [5.74, 6) is -5.23. The summed E-state index contributed by atoms with van der Waals surface area (Å²) in [6.45, 7) is 1.37. The average Bonchev–Trinajstić information content (AvgIpc) is 2.47. The molecule has 0 aliphatic heterocycles. The van der Waals surface area contributed by atoms with E-state index in [4.69, 9.17) is 0 Å². The van der Waals surface area contributed by atoms with Crippen LogP contribution >= 0.6 is 0 Å². The Morgan fingerprint density at radius 3 is 1.68 bits per heavy atom. The Bertz CT molecular complexity index is 807. The first-order chi connectivity index (χ1) is 10.3. The lowest BCUT2D eigenvalue weighted by atomic mass is 9.81. The number of carbonyl (C=O) groups excluding carboxylic acids is 2. The van der Waals surface area contributed by atoms with Gasteiger partial charge in [0.1, 0.15) is 11.5 Å². The molecule has 7 nitrogen and oxygen atoms in total. The molecule has 1 aliphatic rings. The highest BCUT2D eigenvalue weighted by molar-refractivity contribution is 6.30.